The van der Waals surface area contributed by atoms with E-state index in [0.29, 0.717) is 11.1 Å². The van der Waals surface area contributed by atoms with E-state index in [2.05, 4.69) is 0 Å². The van der Waals surface area contributed by atoms with Crippen molar-refractivity contribution in [2.45, 2.75) is 33.4 Å². The molecule has 0 saturated heterocycles. The molecule has 0 N–H and O–H groups in total. The molecule has 0 aromatic rings. The molecule has 0 aromatic heterocycles. The van der Waals surface area contributed by atoms with E-state index in [4.69, 9.17) is 9.47 Å². The summed E-state index contributed by atoms with van der Waals surface area (Å²) in [6, 6.07) is 0. The molecule has 0 aromatic carbocycles. The van der Waals surface area contributed by atoms with Gasteiger partial charge in [-0.2, -0.15) is 0 Å². The summed E-state index contributed by atoms with van der Waals surface area (Å²) < 4.78 is 10.6. The summed E-state index contributed by atoms with van der Waals surface area (Å²) in [7, 11) is 5.62. The summed E-state index contributed by atoms with van der Waals surface area (Å²) in [5, 5.41) is 0. The highest BCUT2D eigenvalue weighted by molar-refractivity contribution is 5.73. The van der Waals surface area contributed by atoms with Crippen LogP contribution in [0.4, 0.5) is 0 Å². The van der Waals surface area contributed by atoms with Crippen molar-refractivity contribution < 1.29 is 23.5 Å². The summed E-state index contributed by atoms with van der Waals surface area (Å²) in [5.74, 6) is -0.847. The van der Waals surface area contributed by atoms with Crippen LogP contribution in [0.2, 0.25) is 0 Å². The second-order valence-electron chi connectivity index (χ2n) is 5.17. The number of carbonyl (C=O) groups excluding carboxylic acids is 2. The van der Waals surface area contributed by atoms with Crippen LogP contribution in [0.1, 0.15) is 27.2 Å². The highest BCUT2D eigenvalue weighted by Gasteiger charge is 2.31. The lowest BCUT2D eigenvalue weighted by Crippen LogP contribution is -2.49. The molecular weight excluding hydrogens is 222 g/mol. The molecule has 1 atom stereocenters. The number of hydrogen-bond donors (Lipinski definition) is 0. The number of esters is 2. The Morgan fingerprint density at radius 2 is 1.71 bits per heavy atom. The van der Waals surface area contributed by atoms with Gasteiger partial charge in [-0.1, -0.05) is 13.8 Å². The van der Waals surface area contributed by atoms with Gasteiger partial charge >= 0.3 is 11.9 Å². The summed E-state index contributed by atoms with van der Waals surface area (Å²) in [6.45, 7) is 5.61. The number of nitrogens with zero attached hydrogens (tertiary/aromatic N) is 1. The molecule has 0 heterocycles. The Balaban J connectivity index is 4.56. The predicted octanol–water partition coefficient (Wildman–Crippen LogP) is 1.17. The van der Waals surface area contributed by atoms with Gasteiger partial charge in [-0.05, 0) is 6.92 Å². The van der Waals surface area contributed by atoms with Crippen molar-refractivity contribution in [3.8, 4) is 0 Å². The van der Waals surface area contributed by atoms with E-state index < -0.39 is 6.23 Å². The second-order valence-corrected chi connectivity index (χ2v) is 5.17. The van der Waals surface area contributed by atoms with Crippen LogP contribution in [0, 0.1) is 5.92 Å². The van der Waals surface area contributed by atoms with Crippen molar-refractivity contribution in [3.63, 3.8) is 0 Å². The molecular formula is C12H24NO4+. The molecule has 17 heavy (non-hydrogen) atoms. The summed E-state index contributed by atoms with van der Waals surface area (Å²) >= 11 is 0. The third-order valence-corrected chi connectivity index (χ3v) is 2.23. The van der Waals surface area contributed by atoms with E-state index in [1.165, 1.54) is 0 Å². The monoisotopic (exact) mass is 246 g/mol. The van der Waals surface area contributed by atoms with Crippen LogP contribution < -0.4 is 0 Å². The molecule has 0 bridgehead atoms. The molecule has 0 fully saturated rings. The van der Waals surface area contributed by atoms with Crippen LogP contribution in [0.5, 0.6) is 0 Å². The number of quaternary nitrogens is 1. The zero-order valence-corrected chi connectivity index (χ0v) is 11.6. The molecule has 5 nitrogen and oxygen atoms in total. The Morgan fingerprint density at radius 3 is 2.06 bits per heavy atom. The van der Waals surface area contributed by atoms with Crippen molar-refractivity contribution in [2.24, 2.45) is 5.92 Å². The Kier molecular flexibility index (Phi) is 6.16. The van der Waals surface area contributed by atoms with Crippen LogP contribution in [0.25, 0.3) is 0 Å². The summed E-state index contributed by atoms with van der Waals surface area (Å²) in [6.07, 6.45) is -0.431. The molecule has 0 radical (unpaired) electrons. The minimum atomic E-state index is -0.510. The van der Waals surface area contributed by atoms with Gasteiger partial charge in [0.15, 0.2) is 0 Å². The zero-order valence-electron chi connectivity index (χ0n) is 11.6. The number of rotatable bonds is 6. The van der Waals surface area contributed by atoms with Gasteiger partial charge in [0.05, 0.1) is 33.7 Å². The lowest BCUT2D eigenvalue weighted by molar-refractivity contribution is -0.916. The fourth-order valence-electron chi connectivity index (χ4n) is 1.11. The first-order valence-corrected chi connectivity index (χ1v) is 5.85. The Hall–Kier alpha value is -1.10. The van der Waals surface area contributed by atoms with Crippen molar-refractivity contribution >= 4 is 11.9 Å². The van der Waals surface area contributed by atoms with Crippen LogP contribution in [0.3, 0.4) is 0 Å². The minimum Gasteiger partial charge on any atom is -0.466 e. The summed E-state index contributed by atoms with van der Waals surface area (Å²) in [4.78, 5) is 23.0. The van der Waals surface area contributed by atoms with Gasteiger partial charge in [-0.3, -0.25) is 14.1 Å². The van der Waals surface area contributed by atoms with Crippen molar-refractivity contribution in [2.75, 3.05) is 27.7 Å². The second kappa shape index (κ2) is 6.59. The quantitative estimate of drug-likeness (QED) is 0.401. The third kappa shape index (κ3) is 6.26. The molecule has 0 aliphatic heterocycles. The van der Waals surface area contributed by atoms with E-state index in [-0.39, 0.29) is 24.3 Å². The topological polar surface area (TPSA) is 52.6 Å². The van der Waals surface area contributed by atoms with Gasteiger partial charge in [0.25, 0.3) is 0 Å². The van der Waals surface area contributed by atoms with Crippen molar-refractivity contribution in [1.82, 2.24) is 0 Å². The molecule has 5 heteroatoms. The van der Waals surface area contributed by atoms with E-state index in [1.54, 1.807) is 20.8 Å². The normalized spacial score (nSPS) is 13.4. The molecule has 0 aliphatic rings. The number of hydrogen-bond acceptors (Lipinski definition) is 4. The highest BCUT2D eigenvalue weighted by Crippen LogP contribution is 2.13. The number of carbonyl (C=O) groups is 2. The van der Waals surface area contributed by atoms with Gasteiger partial charge in [0, 0.05) is 0 Å². The standard InChI is InChI=1S/C12H24NO4/c1-7-16-11(14)8-10(13(4,5)6)17-12(15)9(2)3/h9-10H,7-8H2,1-6H3/q+1. The Morgan fingerprint density at radius 1 is 1.18 bits per heavy atom. The first kappa shape index (κ1) is 15.9. The summed E-state index contributed by atoms with van der Waals surface area (Å²) in [5.41, 5.74) is 0. The Bertz CT molecular complexity index is 268. The highest BCUT2D eigenvalue weighted by atomic mass is 16.6. The van der Waals surface area contributed by atoms with Gasteiger partial charge in [-0.15, -0.1) is 0 Å². The number of ether oxygens (including phenoxy) is 2. The molecule has 0 rings (SSSR count). The molecule has 0 aliphatic carbocycles. The van der Waals surface area contributed by atoms with E-state index in [0.717, 1.165) is 0 Å². The largest absolute Gasteiger partial charge is 0.466 e. The average molecular weight is 246 g/mol. The van der Waals surface area contributed by atoms with Gasteiger partial charge < -0.3 is 9.47 Å². The van der Waals surface area contributed by atoms with E-state index in [1.807, 2.05) is 21.1 Å². The maximum Gasteiger partial charge on any atom is 0.315 e. The SMILES string of the molecule is CCOC(=O)CC(OC(=O)C(C)C)[N+](C)(C)C. The zero-order chi connectivity index (χ0) is 13.6. The fraction of sp³-hybridized carbons (Fsp3) is 0.833. The Labute approximate surface area is 103 Å². The van der Waals surface area contributed by atoms with Gasteiger partial charge in [0.2, 0.25) is 6.23 Å². The van der Waals surface area contributed by atoms with Crippen LogP contribution in [-0.4, -0.2) is 50.4 Å². The van der Waals surface area contributed by atoms with Crippen LogP contribution >= 0.6 is 0 Å². The van der Waals surface area contributed by atoms with E-state index in [9.17, 15) is 9.59 Å². The third-order valence-electron chi connectivity index (χ3n) is 2.23. The van der Waals surface area contributed by atoms with Crippen molar-refractivity contribution in [3.05, 3.63) is 0 Å². The first-order chi connectivity index (χ1) is 7.68. The molecule has 0 saturated carbocycles. The fourth-order valence-corrected chi connectivity index (χ4v) is 1.11. The predicted molar refractivity (Wildman–Crippen MR) is 64.0 cm³/mol. The average Bonchev–Trinajstić information content (AvgIpc) is 2.15. The molecule has 100 valence electrons. The first-order valence-electron chi connectivity index (χ1n) is 5.85. The maximum atomic E-state index is 11.6. The molecule has 0 spiro atoms. The maximum absolute atomic E-state index is 11.6. The minimum absolute atomic E-state index is 0.0792. The molecule has 0 amide bonds. The lowest BCUT2D eigenvalue weighted by Gasteiger charge is -2.32. The molecule has 1 unspecified atom stereocenters. The lowest BCUT2D eigenvalue weighted by atomic mass is 10.2. The van der Waals surface area contributed by atoms with E-state index >= 15 is 0 Å². The van der Waals surface area contributed by atoms with Crippen LogP contribution in [0.15, 0.2) is 0 Å². The van der Waals surface area contributed by atoms with Gasteiger partial charge in [0.1, 0.15) is 6.42 Å². The smallest absolute Gasteiger partial charge is 0.315 e. The van der Waals surface area contributed by atoms with Crippen LogP contribution in [-0.2, 0) is 19.1 Å². The van der Waals surface area contributed by atoms with Crippen molar-refractivity contribution in [1.29, 1.82) is 0 Å². The van der Waals surface area contributed by atoms with Gasteiger partial charge in [-0.25, -0.2) is 0 Å².